The lowest BCUT2D eigenvalue weighted by Crippen LogP contribution is -2.18. The Morgan fingerprint density at radius 2 is 1.86 bits per heavy atom. The first kappa shape index (κ1) is 18.6. The van der Waals surface area contributed by atoms with Gasteiger partial charge in [-0.2, -0.15) is 10.2 Å². The van der Waals surface area contributed by atoms with E-state index in [1.54, 1.807) is 47.1 Å². The molecule has 0 fully saturated rings. The van der Waals surface area contributed by atoms with Gasteiger partial charge >= 0.3 is 0 Å². The van der Waals surface area contributed by atoms with E-state index in [2.05, 4.69) is 26.2 Å². The van der Waals surface area contributed by atoms with Crippen LogP contribution in [0.3, 0.4) is 0 Å². The number of anilines is 2. The predicted molar refractivity (Wildman–Crippen MR) is 109 cm³/mol. The van der Waals surface area contributed by atoms with Crippen LogP contribution in [0.4, 0.5) is 11.6 Å². The number of nitrogens with one attached hydrogen (secondary N) is 2. The molecule has 8 nitrogen and oxygen atoms in total. The second kappa shape index (κ2) is 7.35. The van der Waals surface area contributed by atoms with Crippen LogP contribution in [0.2, 0.25) is 0 Å². The minimum absolute atomic E-state index is 0.187. The van der Waals surface area contributed by atoms with Crippen molar-refractivity contribution in [1.82, 2.24) is 19.3 Å². The smallest absolute Gasteiger partial charge is 0.247 e. The summed E-state index contributed by atoms with van der Waals surface area (Å²) in [7, 11) is -2.15. The van der Waals surface area contributed by atoms with Crippen molar-refractivity contribution < 1.29 is 8.42 Å². The number of para-hydroxylation sites is 1. The zero-order valence-electron chi connectivity index (χ0n) is 15.4. The largest absolute Gasteiger partial charge is 0.322 e. The summed E-state index contributed by atoms with van der Waals surface area (Å²) in [5.41, 5.74) is 3.26. The summed E-state index contributed by atoms with van der Waals surface area (Å²) in [6.45, 7) is 0. The molecule has 2 N–H and O–H groups in total. The van der Waals surface area contributed by atoms with Crippen molar-refractivity contribution in [3.63, 3.8) is 0 Å². The van der Waals surface area contributed by atoms with Gasteiger partial charge in [-0.15, -0.1) is 5.10 Å². The number of sulfonamides is 1. The topological polar surface area (TPSA) is 112 Å². The summed E-state index contributed by atoms with van der Waals surface area (Å²) in [4.78, 5) is 4.60. The predicted octanol–water partition coefficient (Wildman–Crippen LogP) is 2.92. The van der Waals surface area contributed by atoms with Crippen LogP contribution < -0.4 is 10.0 Å². The van der Waals surface area contributed by atoms with Gasteiger partial charge < -0.3 is 5.32 Å². The SMILES string of the molecule is CNS(=O)(=O)c1cccc(-c2ccc3nc(Nc4ccccc4C#N)nn3c2)c1. The van der Waals surface area contributed by atoms with E-state index in [1.165, 1.54) is 13.1 Å². The molecule has 4 aromatic rings. The third-order valence-electron chi connectivity index (χ3n) is 4.37. The van der Waals surface area contributed by atoms with Gasteiger partial charge in [0.1, 0.15) is 6.07 Å². The van der Waals surface area contributed by atoms with Crippen molar-refractivity contribution in [2.45, 2.75) is 4.90 Å². The molecule has 0 saturated heterocycles. The van der Waals surface area contributed by atoms with Crippen LogP contribution in [0, 0.1) is 11.3 Å². The van der Waals surface area contributed by atoms with Crippen molar-refractivity contribution in [3.8, 4) is 17.2 Å². The number of fused-ring (bicyclic) bond motifs is 1. The van der Waals surface area contributed by atoms with Gasteiger partial charge in [0.25, 0.3) is 0 Å². The maximum atomic E-state index is 12.1. The normalized spacial score (nSPS) is 11.3. The van der Waals surface area contributed by atoms with Crippen molar-refractivity contribution in [3.05, 3.63) is 72.4 Å². The third-order valence-corrected chi connectivity index (χ3v) is 5.78. The summed E-state index contributed by atoms with van der Waals surface area (Å²) >= 11 is 0. The Hall–Kier alpha value is -3.74. The van der Waals surface area contributed by atoms with E-state index in [9.17, 15) is 13.7 Å². The number of aromatic nitrogens is 3. The molecule has 0 unspecified atom stereocenters. The number of nitrogens with zero attached hydrogens (tertiary/aromatic N) is 4. The highest BCUT2D eigenvalue weighted by Crippen LogP contribution is 2.24. The van der Waals surface area contributed by atoms with E-state index in [-0.39, 0.29) is 4.90 Å². The molecule has 0 spiro atoms. The first-order valence-corrected chi connectivity index (χ1v) is 10.1. The Morgan fingerprint density at radius 3 is 2.66 bits per heavy atom. The molecule has 144 valence electrons. The maximum absolute atomic E-state index is 12.1. The van der Waals surface area contributed by atoms with E-state index < -0.39 is 10.0 Å². The summed E-state index contributed by atoms with van der Waals surface area (Å²) in [6.07, 6.45) is 1.77. The van der Waals surface area contributed by atoms with Gasteiger partial charge in [-0.05, 0) is 49.0 Å². The van der Waals surface area contributed by atoms with E-state index in [0.29, 0.717) is 22.8 Å². The standard InChI is InChI=1S/C20H16N6O2S/c1-22-29(27,28)17-7-4-6-14(11-17)16-9-10-19-24-20(25-26(19)13-16)23-18-8-3-2-5-15(18)12-21/h2-11,13,22H,1H3,(H,23,25). The van der Waals surface area contributed by atoms with Gasteiger partial charge in [0.15, 0.2) is 5.65 Å². The lowest BCUT2D eigenvalue weighted by atomic mass is 10.1. The number of nitriles is 1. The summed E-state index contributed by atoms with van der Waals surface area (Å²) in [5.74, 6) is 0.358. The van der Waals surface area contributed by atoms with Gasteiger partial charge in [-0.25, -0.2) is 17.7 Å². The lowest BCUT2D eigenvalue weighted by Gasteiger charge is -2.06. The fourth-order valence-electron chi connectivity index (χ4n) is 2.88. The molecule has 0 aliphatic heterocycles. The van der Waals surface area contributed by atoms with Crippen molar-refractivity contribution in [2.75, 3.05) is 12.4 Å². The van der Waals surface area contributed by atoms with Crippen LogP contribution in [0.5, 0.6) is 0 Å². The molecule has 2 heterocycles. The van der Waals surface area contributed by atoms with Crippen molar-refractivity contribution >= 4 is 27.3 Å². The van der Waals surface area contributed by atoms with E-state index in [1.807, 2.05) is 18.2 Å². The van der Waals surface area contributed by atoms with Crippen LogP contribution in [-0.4, -0.2) is 30.1 Å². The Morgan fingerprint density at radius 1 is 1.03 bits per heavy atom. The number of pyridine rings is 1. The molecule has 0 bridgehead atoms. The molecule has 0 radical (unpaired) electrons. The minimum atomic E-state index is -3.53. The highest BCUT2D eigenvalue weighted by molar-refractivity contribution is 7.89. The highest BCUT2D eigenvalue weighted by atomic mass is 32.2. The van der Waals surface area contributed by atoms with E-state index in [0.717, 1.165) is 11.1 Å². The first-order valence-electron chi connectivity index (χ1n) is 8.67. The summed E-state index contributed by atoms with van der Waals surface area (Å²) < 4.78 is 28.0. The Labute approximate surface area is 167 Å². The molecule has 2 aromatic heterocycles. The molecule has 0 aliphatic rings. The van der Waals surface area contributed by atoms with Gasteiger partial charge in [-0.3, -0.25) is 0 Å². The Balaban J connectivity index is 1.69. The monoisotopic (exact) mass is 404 g/mol. The Bertz CT molecular complexity index is 1350. The molecule has 0 aliphatic carbocycles. The van der Waals surface area contributed by atoms with Crippen LogP contribution >= 0.6 is 0 Å². The average molecular weight is 404 g/mol. The fourth-order valence-corrected chi connectivity index (χ4v) is 3.65. The van der Waals surface area contributed by atoms with Crippen molar-refractivity contribution in [1.29, 1.82) is 5.26 Å². The zero-order chi connectivity index (χ0) is 20.4. The number of hydrogen-bond donors (Lipinski definition) is 2. The minimum Gasteiger partial charge on any atom is -0.322 e. The van der Waals surface area contributed by atoms with Crippen LogP contribution in [-0.2, 0) is 10.0 Å². The molecular weight excluding hydrogens is 388 g/mol. The molecule has 29 heavy (non-hydrogen) atoms. The molecule has 0 saturated carbocycles. The second-order valence-electron chi connectivity index (χ2n) is 6.17. The molecule has 0 atom stereocenters. The van der Waals surface area contributed by atoms with Crippen molar-refractivity contribution in [2.24, 2.45) is 0 Å². The van der Waals surface area contributed by atoms with Gasteiger partial charge in [0, 0.05) is 11.8 Å². The third kappa shape index (κ3) is 3.67. The van der Waals surface area contributed by atoms with E-state index in [4.69, 9.17) is 0 Å². The summed E-state index contributed by atoms with van der Waals surface area (Å²) in [5, 5.41) is 16.7. The highest BCUT2D eigenvalue weighted by Gasteiger charge is 2.13. The molecule has 2 aromatic carbocycles. The maximum Gasteiger partial charge on any atom is 0.247 e. The molecular formula is C20H16N6O2S. The van der Waals surface area contributed by atoms with Crippen LogP contribution in [0.25, 0.3) is 16.8 Å². The number of benzene rings is 2. The van der Waals surface area contributed by atoms with Gasteiger partial charge in [-0.1, -0.05) is 24.3 Å². The quantitative estimate of drug-likeness (QED) is 0.529. The second-order valence-corrected chi connectivity index (χ2v) is 8.06. The average Bonchev–Trinajstić information content (AvgIpc) is 3.15. The molecule has 9 heteroatoms. The first-order chi connectivity index (χ1) is 14.0. The lowest BCUT2D eigenvalue weighted by molar-refractivity contribution is 0.588. The number of hydrogen-bond acceptors (Lipinski definition) is 6. The van der Waals surface area contributed by atoms with Crippen LogP contribution in [0.1, 0.15) is 5.56 Å². The molecule has 4 rings (SSSR count). The molecule has 0 amide bonds. The van der Waals surface area contributed by atoms with E-state index >= 15 is 0 Å². The number of rotatable bonds is 5. The van der Waals surface area contributed by atoms with Crippen LogP contribution in [0.15, 0.2) is 71.8 Å². The van der Waals surface area contributed by atoms with Gasteiger partial charge in [0.05, 0.1) is 16.1 Å². The summed E-state index contributed by atoms with van der Waals surface area (Å²) in [6, 6.07) is 19.5. The van der Waals surface area contributed by atoms with Gasteiger partial charge in [0.2, 0.25) is 16.0 Å². The Kier molecular flexibility index (Phi) is 4.72. The zero-order valence-corrected chi connectivity index (χ0v) is 16.2. The fraction of sp³-hybridized carbons (Fsp3) is 0.0500.